The number of aromatic hydroxyl groups is 1. The highest BCUT2D eigenvalue weighted by atomic mass is 19.1. The van der Waals surface area contributed by atoms with Crippen LogP contribution in [0.4, 0.5) is 19.3 Å². The van der Waals surface area contributed by atoms with E-state index in [0.29, 0.717) is 41.4 Å². The number of aromatic amines is 1. The molecule has 0 spiro atoms. The predicted octanol–water partition coefficient (Wildman–Crippen LogP) is 6.64. The van der Waals surface area contributed by atoms with E-state index in [0.717, 1.165) is 70.4 Å². The van der Waals surface area contributed by atoms with E-state index in [-0.39, 0.29) is 28.7 Å². The number of aliphatic hydroxyl groups excluding tert-OH is 1. The van der Waals surface area contributed by atoms with Gasteiger partial charge >= 0.3 is 6.09 Å². The smallest absolute Gasteiger partial charge is 0.412 e. The molecule has 1 saturated heterocycles. The number of halogens is 2. The Morgan fingerprint density at radius 2 is 1.78 bits per heavy atom. The Balaban J connectivity index is 0.896. The van der Waals surface area contributed by atoms with Crippen LogP contribution < -0.4 is 16.2 Å². The molecule has 49 heavy (non-hydrogen) atoms. The average molecular weight is 678 g/mol. The summed E-state index contributed by atoms with van der Waals surface area (Å²) < 4.78 is 34.2. The predicted molar refractivity (Wildman–Crippen MR) is 186 cm³/mol. The van der Waals surface area contributed by atoms with E-state index in [1.54, 1.807) is 30.5 Å². The van der Waals surface area contributed by atoms with E-state index < -0.39 is 23.8 Å². The molecular formula is C37H45F2N5O5. The number of aromatic nitrogens is 2. The zero-order valence-corrected chi connectivity index (χ0v) is 27.6. The van der Waals surface area contributed by atoms with Crippen LogP contribution in [0.5, 0.6) is 5.75 Å². The topological polar surface area (TPSA) is 140 Å². The largest absolute Gasteiger partial charge is 0.506 e. The molecule has 0 saturated carbocycles. The number of likely N-dealkylation sites (tertiary alicyclic amines) is 1. The van der Waals surface area contributed by atoms with E-state index in [1.165, 1.54) is 31.2 Å². The lowest BCUT2D eigenvalue weighted by atomic mass is 10.0. The van der Waals surface area contributed by atoms with Crippen molar-refractivity contribution in [2.24, 2.45) is 0 Å². The molecule has 0 radical (unpaired) electrons. The molecule has 1 amide bonds. The maximum atomic E-state index is 14.6. The molecule has 5 rings (SSSR count). The highest BCUT2D eigenvalue weighted by Crippen LogP contribution is 2.32. The van der Waals surface area contributed by atoms with Crippen LogP contribution in [-0.2, 0) is 4.74 Å². The van der Waals surface area contributed by atoms with Crippen LogP contribution in [0.25, 0.3) is 22.0 Å². The average Bonchev–Trinajstić information content (AvgIpc) is 3.09. The number of carbonyl (C=O) groups is 1. The lowest BCUT2D eigenvalue weighted by molar-refractivity contribution is 0.0584. The molecule has 3 heterocycles. The molecule has 4 aromatic rings. The number of unbranched alkanes of at least 4 members (excludes halogenated alkanes) is 6. The van der Waals surface area contributed by atoms with Gasteiger partial charge in [-0.25, -0.2) is 13.6 Å². The van der Waals surface area contributed by atoms with Crippen LogP contribution in [0.1, 0.15) is 69.5 Å². The number of piperidine rings is 1. The van der Waals surface area contributed by atoms with Crippen molar-refractivity contribution >= 4 is 22.7 Å². The van der Waals surface area contributed by atoms with Gasteiger partial charge in [-0.2, -0.15) is 0 Å². The van der Waals surface area contributed by atoms with Crippen molar-refractivity contribution in [3.63, 3.8) is 0 Å². The summed E-state index contributed by atoms with van der Waals surface area (Å²) in [4.78, 5) is 33.3. The third-order valence-electron chi connectivity index (χ3n) is 8.99. The maximum absolute atomic E-state index is 14.6. The number of aliphatic hydroxyl groups is 1. The molecule has 1 aliphatic heterocycles. The van der Waals surface area contributed by atoms with Gasteiger partial charge in [-0.15, -0.1) is 0 Å². The molecule has 0 bridgehead atoms. The number of benzene rings is 2. The van der Waals surface area contributed by atoms with Crippen molar-refractivity contribution in [2.45, 2.75) is 70.0 Å². The first-order valence-electron chi connectivity index (χ1n) is 17.1. The van der Waals surface area contributed by atoms with Crippen LogP contribution in [0, 0.1) is 11.6 Å². The van der Waals surface area contributed by atoms with Crippen molar-refractivity contribution in [2.75, 3.05) is 38.0 Å². The van der Waals surface area contributed by atoms with Gasteiger partial charge in [0, 0.05) is 60.7 Å². The quantitative estimate of drug-likeness (QED) is 0.0832. The third-order valence-corrected chi connectivity index (χ3v) is 8.99. The molecule has 12 heteroatoms. The number of ether oxygens (including phenoxy) is 1. The Morgan fingerprint density at radius 1 is 1.02 bits per heavy atom. The molecule has 5 N–H and O–H groups in total. The molecule has 0 aliphatic carbocycles. The SMILES string of the molecule is O=C(Nc1c(F)cc(F)cc1-c1cccnc1)OC1CCN(CCCCCCCCCNC[C@@H](O)c2ccc(O)c3[nH]c(=O)ccc23)CC1. The van der Waals surface area contributed by atoms with Crippen LogP contribution >= 0.6 is 0 Å². The summed E-state index contributed by atoms with van der Waals surface area (Å²) in [5.41, 5.74) is 1.24. The van der Waals surface area contributed by atoms with E-state index in [9.17, 15) is 28.6 Å². The van der Waals surface area contributed by atoms with Crippen molar-refractivity contribution < 1.29 is 28.5 Å². The van der Waals surface area contributed by atoms with E-state index in [4.69, 9.17) is 4.74 Å². The minimum Gasteiger partial charge on any atom is -0.506 e. The van der Waals surface area contributed by atoms with Gasteiger partial charge in [0.15, 0.2) is 0 Å². The first-order valence-corrected chi connectivity index (χ1v) is 17.1. The van der Waals surface area contributed by atoms with Crippen molar-refractivity contribution in [3.05, 3.63) is 88.5 Å². The van der Waals surface area contributed by atoms with Crippen LogP contribution in [-0.4, -0.2) is 70.0 Å². The first-order chi connectivity index (χ1) is 23.8. The summed E-state index contributed by atoms with van der Waals surface area (Å²) in [6.45, 7) is 3.86. The third kappa shape index (κ3) is 10.3. The monoisotopic (exact) mass is 677 g/mol. The maximum Gasteiger partial charge on any atom is 0.412 e. The molecule has 1 aliphatic rings. The normalized spacial score (nSPS) is 14.6. The van der Waals surface area contributed by atoms with Crippen LogP contribution in [0.3, 0.4) is 0 Å². The van der Waals surface area contributed by atoms with Gasteiger partial charge in [-0.3, -0.25) is 15.1 Å². The first kappa shape index (κ1) is 35.9. The summed E-state index contributed by atoms with van der Waals surface area (Å²) in [5.74, 6) is -1.64. The van der Waals surface area contributed by atoms with Gasteiger partial charge in [0.25, 0.3) is 0 Å². The summed E-state index contributed by atoms with van der Waals surface area (Å²) >= 11 is 0. The Morgan fingerprint density at radius 3 is 2.53 bits per heavy atom. The van der Waals surface area contributed by atoms with Crippen LogP contribution in [0.15, 0.2) is 65.7 Å². The lowest BCUT2D eigenvalue weighted by Gasteiger charge is -2.31. The minimum atomic E-state index is -0.877. The second kappa shape index (κ2) is 17.8. The van der Waals surface area contributed by atoms with Crippen molar-refractivity contribution in [1.82, 2.24) is 20.2 Å². The summed E-state index contributed by atoms with van der Waals surface area (Å²) in [7, 11) is 0. The summed E-state index contributed by atoms with van der Waals surface area (Å²) in [6, 6.07) is 11.4. The highest BCUT2D eigenvalue weighted by molar-refractivity contribution is 5.92. The number of rotatable bonds is 16. The van der Waals surface area contributed by atoms with E-state index in [2.05, 4.69) is 25.5 Å². The Bertz CT molecular complexity index is 1730. The number of amides is 1. The van der Waals surface area contributed by atoms with Gasteiger partial charge in [0.1, 0.15) is 23.5 Å². The number of nitrogens with zero attached hydrogens (tertiary/aromatic N) is 2. The number of anilines is 1. The molecule has 2 aromatic heterocycles. The minimum absolute atomic E-state index is 0.0205. The van der Waals surface area contributed by atoms with Gasteiger partial charge < -0.3 is 30.2 Å². The molecule has 1 fully saturated rings. The van der Waals surface area contributed by atoms with Gasteiger partial charge in [-0.05, 0) is 68.6 Å². The highest BCUT2D eigenvalue weighted by Gasteiger charge is 2.24. The number of phenolic OH excluding ortho intramolecular Hbond substituents is 1. The number of hydrogen-bond acceptors (Lipinski definition) is 8. The molecule has 0 unspecified atom stereocenters. The number of H-pyrrole nitrogens is 1. The zero-order chi connectivity index (χ0) is 34.6. The number of hydrogen-bond donors (Lipinski definition) is 5. The Kier molecular flexibility index (Phi) is 13.1. The molecule has 262 valence electrons. The molecule has 1 atom stereocenters. The lowest BCUT2D eigenvalue weighted by Crippen LogP contribution is -2.39. The fourth-order valence-corrected chi connectivity index (χ4v) is 6.35. The van der Waals surface area contributed by atoms with E-state index in [1.807, 2.05) is 0 Å². The number of fused-ring (bicyclic) bond motifs is 1. The fraction of sp³-hybridized carbons (Fsp3) is 0.432. The Hall–Kier alpha value is -4.39. The number of carbonyl (C=O) groups excluding carboxylic acids is 1. The fourth-order valence-electron chi connectivity index (χ4n) is 6.35. The second-order valence-corrected chi connectivity index (χ2v) is 12.6. The van der Waals surface area contributed by atoms with Gasteiger partial charge in [0.05, 0.1) is 17.3 Å². The van der Waals surface area contributed by atoms with E-state index >= 15 is 0 Å². The standard InChI is InChI=1S/C37H45F2N5O5/c38-26-21-30(25-9-8-17-40-23-25)35(31(39)22-26)43-37(48)49-27-14-19-44(20-15-27)18-7-5-3-1-2-4-6-16-41-24-33(46)28-10-12-32(45)36-29(28)11-13-34(47)42-36/h8-13,17,21-23,27,33,41,45-46H,1-7,14-16,18-20,24H2,(H,42,47)(H,43,48)/t33-/m1/s1. The number of nitrogens with one attached hydrogen (secondary N) is 3. The van der Waals surface area contributed by atoms with Crippen molar-refractivity contribution in [1.29, 1.82) is 0 Å². The van der Waals surface area contributed by atoms with Crippen LogP contribution in [0.2, 0.25) is 0 Å². The van der Waals surface area contributed by atoms with Gasteiger partial charge in [-0.1, -0.05) is 44.2 Å². The summed E-state index contributed by atoms with van der Waals surface area (Å²) in [5, 5.41) is 27.1. The van der Waals surface area contributed by atoms with Gasteiger partial charge in [0.2, 0.25) is 5.56 Å². The summed E-state index contributed by atoms with van der Waals surface area (Å²) in [6.07, 6.45) is 10.6. The molecular weight excluding hydrogens is 632 g/mol. The number of phenols is 1. The molecule has 2 aromatic carbocycles. The second-order valence-electron chi connectivity index (χ2n) is 12.6. The number of pyridine rings is 2. The van der Waals surface area contributed by atoms with Crippen molar-refractivity contribution in [3.8, 4) is 16.9 Å². The Labute approximate surface area is 284 Å². The molecule has 10 nitrogen and oxygen atoms in total. The zero-order valence-electron chi connectivity index (χ0n) is 27.6.